The van der Waals surface area contributed by atoms with Crippen molar-refractivity contribution >= 4 is 24.7 Å². The molecule has 0 aromatic heterocycles. The number of hydrogen-bond acceptors (Lipinski definition) is 1. The predicted molar refractivity (Wildman–Crippen MR) is 99.1 cm³/mol. The lowest BCUT2D eigenvalue weighted by atomic mass is 10.2. The second-order valence-corrected chi connectivity index (χ2v) is 7.56. The van der Waals surface area contributed by atoms with Crippen molar-refractivity contribution in [1.29, 1.82) is 0 Å². The normalized spacial score (nSPS) is 14.4. The summed E-state index contributed by atoms with van der Waals surface area (Å²) < 4.78 is 0. The third-order valence-corrected chi connectivity index (χ3v) is 6.13. The van der Waals surface area contributed by atoms with Gasteiger partial charge in [0.05, 0.1) is 0 Å². The highest BCUT2D eigenvalue weighted by atomic mass is 31.1. The summed E-state index contributed by atoms with van der Waals surface area (Å²) in [6, 6.07) is 21.6. The van der Waals surface area contributed by atoms with Crippen molar-refractivity contribution in [3.8, 4) is 0 Å². The summed E-state index contributed by atoms with van der Waals surface area (Å²) in [6.45, 7) is 0.883. The van der Waals surface area contributed by atoms with Gasteiger partial charge in [0, 0.05) is 18.7 Å². The Morgan fingerprint density at radius 1 is 0.818 bits per heavy atom. The molecule has 0 spiro atoms. The van der Waals surface area contributed by atoms with Crippen molar-refractivity contribution in [2.75, 3.05) is 12.7 Å². The van der Waals surface area contributed by atoms with E-state index in [0.29, 0.717) is 5.92 Å². The zero-order chi connectivity index (χ0) is 15.0. The van der Waals surface area contributed by atoms with Crippen molar-refractivity contribution in [2.24, 2.45) is 10.9 Å². The molecule has 0 fully saturated rings. The quantitative estimate of drug-likeness (QED) is 0.566. The smallest absolute Gasteiger partial charge is 0.0431 e. The zero-order valence-corrected chi connectivity index (χ0v) is 13.4. The van der Waals surface area contributed by atoms with Crippen LogP contribution in [-0.2, 0) is 0 Å². The highest BCUT2D eigenvalue weighted by Gasteiger charge is 2.12. The Morgan fingerprint density at radius 3 is 1.91 bits per heavy atom. The molecule has 0 saturated carbocycles. The lowest BCUT2D eigenvalue weighted by molar-refractivity contribution is 1.10. The first-order valence-electron chi connectivity index (χ1n) is 7.66. The maximum Gasteiger partial charge on any atom is 0.0431 e. The van der Waals surface area contributed by atoms with Crippen LogP contribution in [0.15, 0.2) is 90.0 Å². The van der Waals surface area contributed by atoms with Crippen molar-refractivity contribution < 1.29 is 0 Å². The lowest BCUT2D eigenvalue weighted by Crippen LogP contribution is -2.15. The molecule has 0 atom stereocenters. The van der Waals surface area contributed by atoms with Gasteiger partial charge >= 0.3 is 0 Å². The topological polar surface area (TPSA) is 12.4 Å². The van der Waals surface area contributed by atoms with E-state index < -0.39 is 0 Å². The first kappa shape index (κ1) is 14.9. The van der Waals surface area contributed by atoms with E-state index in [1.165, 1.54) is 10.6 Å². The van der Waals surface area contributed by atoms with Gasteiger partial charge in [0.15, 0.2) is 0 Å². The molecule has 0 amide bonds. The molecule has 2 aromatic rings. The first-order valence-corrected chi connectivity index (χ1v) is 9.19. The van der Waals surface area contributed by atoms with Gasteiger partial charge < -0.3 is 0 Å². The van der Waals surface area contributed by atoms with Crippen molar-refractivity contribution in [3.63, 3.8) is 0 Å². The summed E-state index contributed by atoms with van der Waals surface area (Å²) in [5.74, 6) is 0.389. The lowest BCUT2D eigenvalue weighted by Gasteiger charge is -2.17. The van der Waals surface area contributed by atoms with E-state index in [2.05, 4.69) is 96.2 Å². The number of rotatable bonds is 6. The Bertz CT molecular complexity index is 607. The fourth-order valence-corrected chi connectivity index (χ4v) is 4.72. The van der Waals surface area contributed by atoms with E-state index >= 15 is 0 Å². The minimum atomic E-state index is -0.324. The summed E-state index contributed by atoms with van der Waals surface area (Å²) in [5, 5.41) is 2.86. The van der Waals surface area contributed by atoms with Crippen LogP contribution in [0.4, 0.5) is 0 Å². The van der Waals surface area contributed by atoms with Crippen LogP contribution in [0.2, 0.25) is 0 Å². The fraction of sp³-hybridized carbons (Fsp3) is 0.150. The number of aliphatic imine (C=N–C) groups is 1. The third-order valence-electron chi connectivity index (χ3n) is 3.64. The van der Waals surface area contributed by atoms with Crippen LogP contribution in [0.25, 0.3) is 0 Å². The summed E-state index contributed by atoms with van der Waals surface area (Å²) in [4.78, 5) is 4.63. The van der Waals surface area contributed by atoms with Crippen molar-refractivity contribution in [2.45, 2.75) is 0 Å². The van der Waals surface area contributed by atoms with Gasteiger partial charge in [-0.2, -0.15) is 0 Å². The third kappa shape index (κ3) is 4.02. The van der Waals surface area contributed by atoms with Crippen LogP contribution in [0.5, 0.6) is 0 Å². The minimum Gasteiger partial charge on any atom is -0.296 e. The molecule has 110 valence electrons. The van der Waals surface area contributed by atoms with Crippen LogP contribution in [-0.4, -0.2) is 18.9 Å². The van der Waals surface area contributed by atoms with Crippen molar-refractivity contribution in [1.82, 2.24) is 0 Å². The maximum atomic E-state index is 4.63. The molecule has 3 rings (SSSR count). The molecule has 1 aliphatic rings. The monoisotopic (exact) mass is 305 g/mol. The molecule has 0 bridgehead atoms. The average molecular weight is 305 g/mol. The molecule has 1 aliphatic carbocycles. The van der Waals surface area contributed by atoms with Gasteiger partial charge in [0.25, 0.3) is 0 Å². The molecule has 0 heterocycles. The summed E-state index contributed by atoms with van der Waals surface area (Å²) in [7, 11) is -0.324. The van der Waals surface area contributed by atoms with Gasteiger partial charge in [0.1, 0.15) is 0 Å². The van der Waals surface area contributed by atoms with E-state index in [-0.39, 0.29) is 7.92 Å². The van der Waals surface area contributed by atoms with Gasteiger partial charge in [-0.05, 0) is 24.7 Å². The summed E-state index contributed by atoms with van der Waals surface area (Å²) in [5.41, 5.74) is 0. The number of hydrogen-bond donors (Lipinski definition) is 0. The first-order chi connectivity index (χ1) is 10.9. The van der Waals surface area contributed by atoms with Crippen LogP contribution in [0.1, 0.15) is 0 Å². The van der Waals surface area contributed by atoms with E-state index in [4.69, 9.17) is 0 Å². The second kappa shape index (κ2) is 7.87. The molecular weight excluding hydrogens is 285 g/mol. The molecule has 0 saturated heterocycles. The van der Waals surface area contributed by atoms with E-state index in [0.717, 1.165) is 12.7 Å². The van der Waals surface area contributed by atoms with Crippen LogP contribution < -0.4 is 10.6 Å². The van der Waals surface area contributed by atoms with Crippen LogP contribution in [0.3, 0.4) is 0 Å². The largest absolute Gasteiger partial charge is 0.296 e. The van der Waals surface area contributed by atoms with Crippen LogP contribution >= 0.6 is 7.92 Å². The van der Waals surface area contributed by atoms with E-state index in [1.54, 1.807) is 0 Å². The molecule has 0 radical (unpaired) electrons. The fourth-order valence-electron chi connectivity index (χ4n) is 2.53. The molecular formula is C20H20NP. The molecule has 2 heteroatoms. The Hall–Kier alpha value is -1.98. The maximum absolute atomic E-state index is 4.63. The number of allylic oxidation sites excluding steroid dienone is 4. The Balaban J connectivity index is 1.69. The Kier molecular flexibility index (Phi) is 5.34. The molecule has 22 heavy (non-hydrogen) atoms. The molecule has 1 nitrogen and oxygen atoms in total. The van der Waals surface area contributed by atoms with E-state index in [1.807, 2.05) is 0 Å². The molecule has 2 aromatic carbocycles. The van der Waals surface area contributed by atoms with Gasteiger partial charge in [-0.15, -0.1) is 0 Å². The molecule has 0 aliphatic heterocycles. The Morgan fingerprint density at radius 2 is 1.36 bits per heavy atom. The predicted octanol–water partition coefficient (Wildman–Crippen LogP) is 3.93. The highest BCUT2D eigenvalue weighted by molar-refractivity contribution is 7.73. The molecule has 0 unspecified atom stereocenters. The molecule has 0 N–H and O–H groups in total. The number of benzene rings is 2. The van der Waals surface area contributed by atoms with E-state index in [9.17, 15) is 0 Å². The van der Waals surface area contributed by atoms with Gasteiger partial charge in [0.2, 0.25) is 0 Å². The number of nitrogens with zero attached hydrogens (tertiary/aromatic N) is 1. The van der Waals surface area contributed by atoms with Crippen molar-refractivity contribution in [3.05, 3.63) is 85.0 Å². The SMILES string of the molecule is C1=CC(C=NCCP(c2ccccc2)c2ccccc2)C=C1. The summed E-state index contributed by atoms with van der Waals surface area (Å²) in [6.07, 6.45) is 11.7. The minimum absolute atomic E-state index is 0.324. The average Bonchev–Trinajstić information content (AvgIpc) is 3.10. The van der Waals surface area contributed by atoms with Crippen LogP contribution in [0, 0.1) is 5.92 Å². The Labute approximate surface area is 133 Å². The summed E-state index contributed by atoms with van der Waals surface area (Å²) >= 11 is 0. The second-order valence-electron chi connectivity index (χ2n) is 5.23. The van der Waals surface area contributed by atoms with Gasteiger partial charge in [-0.3, -0.25) is 4.99 Å². The van der Waals surface area contributed by atoms with Gasteiger partial charge in [-0.25, -0.2) is 0 Å². The standard InChI is InChI=1S/C20H20NP/c1-3-11-19(12-4-1)22(20-13-5-2-6-14-20)16-15-21-17-18-9-7-8-10-18/h1-14,17-18H,15-16H2. The highest BCUT2D eigenvalue weighted by Crippen LogP contribution is 2.32. The zero-order valence-electron chi connectivity index (χ0n) is 12.5. The van der Waals surface area contributed by atoms with Gasteiger partial charge in [-0.1, -0.05) is 85.0 Å².